The minimum absolute atomic E-state index is 0.0709. The molecule has 5 heteroatoms. The first-order chi connectivity index (χ1) is 8.08. The minimum Gasteiger partial charge on any atom is -0.478 e. The van der Waals surface area contributed by atoms with E-state index in [-0.39, 0.29) is 5.75 Å². The molecule has 0 aromatic heterocycles. The molecule has 0 bridgehead atoms. The summed E-state index contributed by atoms with van der Waals surface area (Å²) in [6, 6.07) is 4.79. The summed E-state index contributed by atoms with van der Waals surface area (Å²) < 4.78 is 19.0. The van der Waals surface area contributed by atoms with Gasteiger partial charge in [0, 0.05) is 0 Å². The van der Waals surface area contributed by atoms with E-state index >= 15 is 0 Å². The largest absolute Gasteiger partial charge is 0.478 e. The highest BCUT2D eigenvalue weighted by Crippen LogP contribution is 2.23. The molecule has 1 aromatic rings. The monoisotopic (exact) mass is 239 g/mol. The highest BCUT2D eigenvalue weighted by atomic mass is 19.1. The lowest BCUT2D eigenvalue weighted by Gasteiger charge is -2.26. The number of aliphatic hydroxyl groups excluding tert-OH is 1. The summed E-state index contributed by atoms with van der Waals surface area (Å²) in [7, 11) is 0. The van der Waals surface area contributed by atoms with Crippen LogP contribution in [0, 0.1) is 12.7 Å². The first kappa shape index (κ1) is 11.9. The molecule has 1 fully saturated rings. The predicted octanol–water partition coefficient (Wildman–Crippen LogP) is 1.11. The number of hydrogen-bond donors (Lipinski definition) is 2. The van der Waals surface area contributed by atoms with Crippen molar-refractivity contribution in [2.75, 3.05) is 0 Å². The molecule has 0 aliphatic carbocycles. The molecule has 1 aliphatic heterocycles. The van der Waals surface area contributed by atoms with Gasteiger partial charge in [0.25, 0.3) is 5.91 Å². The van der Waals surface area contributed by atoms with Crippen molar-refractivity contribution in [3.8, 4) is 5.75 Å². The van der Waals surface area contributed by atoms with Crippen LogP contribution in [0.4, 0.5) is 4.39 Å². The number of ether oxygens (including phenoxy) is 1. The highest BCUT2D eigenvalue weighted by Gasteiger charge is 2.29. The zero-order valence-corrected chi connectivity index (χ0v) is 9.44. The molecule has 2 rings (SSSR count). The summed E-state index contributed by atoms with van der Waals surface area (Å²) in [6.45, 7) is 1.63. The van der Waals surface area contributed by atoms with E-state index in [0.29, 0.717) is 18.4 Å². The molecule has 4 nitrogen and oxygen atoms in total. The van der Waals surface area contributed by atoms with Gasteiger partial charge in [0.2, 0.25) is 0 Å². The van der Waals surface area contributed by atoms with Gasteiger partial charge >= 0.3 is 0 Å². The number of aryl methyl sites for hydroxylation is 1. The molecule has 1 aromatic carbocycles. The molecule has 0 saturated carbocycles. The van der Waals surface area contributed by atoms with Crippen LogP contribution in [0.3, 0.4) is 0 Å². The van der Waals surface area contributed by atoms with Crippen molar-refractivity contribution in [3.63, 3.8) is 0 Å². The standard InChI is InChI=1S/C12H14FNO3/c1-7-3-2-4-8(11(7)13)17-9-5-6-10(15)14-12(9)16/h2-4,9-10,15H,5-6H2,1H3,(H,14,16). The van der Waals surface area contributed by atoms with Gasteiger partial charge < -0.3 is 15.2 Å². The van der Waals surface area contributed by atoms with Gasteiger partial charge in [-0.2, -0.15) is 0 Å². The first-order valence-electron chi connectivity index (χ1n) is 5.48. The second-order valence-corrected chi connectivity index (χ2v) is 4.10. The van der Waals surface area contributed by atoms with E-state index in [0.717, 1.165) is 0 Å². The Hall–Kier alpha value is -1.62. The Morgan fingerprint density at radius 3 is 2.94 bits per heavy atom. The molecule has 1 saturated heterocycles. The Morgan fingerprint density at radius 2 is 2.24 bits per heavy atom. The topological polar surface area (TPSA) is 58.6 Å². The molecule has 2 unspecified atom stereocenters. The lowest BCUT2D eigenvalue weighted by Crippen LogP contribution is -2.48. The number of carbonyl (C=O) groups excluding carboxylic acids is 1. The van der Waals surface area contributed by atoms with E-state index in [1.54, 1.807) is 19.1 Å². The number of rotatable bonds is 2. The lowest BCUT2D eigenvalue weighted by atomic mass is 10.1. The zero-order chi connectivity index (χ0) is 12.4. The van der Waals surface area contributed by atoms with Crippen LogP contribution in [0.25, 0.3) is 0 Å². The average molecular weight is 239 g/mol. The van der Waals surface area contributed by atoms with Crippen LogP contribution in [0.5, 0.6) is 5.75 Å². The van der Waals surface area contributed by atoms with Gasteiger partial charge in [0.1, 0.15) is 6.23 Å². The van der Waals surface area contributed by atoms with Gasteiger partial charge in [-0.1, -0.05) is 12.1 Å². The third-order valence-electron chi connectivity index (χ3n) is 2.73. The first-order valence-corrected chi connectivity index (χ1v) is 5.48. The molecule has 92 valence electrons. The number of carbonyl (C=O) groups is 1. The molecule has 17 heavy (non-hydrogen) atoms. The lowest BCUT2D eigenvalue weighted by molar-refractivity contribution is -0.135. The SMILES string of the molecule is Cc1cccc(OC2CCC(O)NC2=O)c1F. The highest BCUT2D eigenvalue weighted by molar-refractivity contribution is 5.82. The molecule has 1 amide bonds. The van der Waals surface area contributed by atoms with Crippen LogP contribution >= 0.6 is 0 Å². The van der Waals surface area contributed by atoms with Crippen LogP contribution in [-0.4, -0.2) is 23.3 Å². The normalized spacial score (nSPS) is 24.3. The average Bonchev–Trinajstić information content (AvgIpc) is 2.28. The number of piperidine rings is 1. The second-order valence-electron chi connectivity index (χ2n) is 4.10. The quantitative estimate of drug-likeness (QED) is 0.812. The van der Waals surface area contributed by atoms with Crippen LogP contribution in [0.1, 0.15) is 18.4 Å². The molecule has 2 N–H and O–H groups in total. The van der Waals surface area contributed by atoms with Crippen LogP contribution in [0.15, 0.2) is 18.2 Å². The van der Waals surface area contributed by atoms with Gasteiger partial charge in [-0.15, -0.1) is 0 Å². The van der Waals surface area contributed by atoms with Crippen molar-refractivity contribution in [2.24, 2.45) is 0 Å². The van der Waals surface area contributed by atoms with Crippen molar-refractivity contribution in [1.82, 2.24) is 5.32 Å². The van der Waals surface area contributed by atoms with Gasteiger partial charge in [-0.05, 0) is 31.4 Å². The molecule has 0 radical (unpaired) electrons. The summed E-state index contributed by atoms with van der Waals surface area (Å²) in [5.41, 5.74) is 0.471. The Kier molecular flexibility index (Phi) is 3.28. The summed E-state index contributed by atoms with van der Waals surface area (Å²) in [6.07, 6.45) is -0.788. The fourth-order valence-corrected chi connectivity index (χ4v) is 1.75. The fourth-order valence-electron chi connectivity index (χ4n) is 1.75. The van der Waals surface area contributed by atoms with Crippen molar-refractivity contribution in [3.05, 3.63) is 29.6 Å². The van der Waals surface area contributed by atoms with E-state index in [2.05, 4.69) is 5.32 Å². The van der Waals surface area contributed by atoms with Crippen molar-refractivity contribution >= 4 is 5.91 Å². The van der Waals surface area contributed by atoms with Crippen LogP contribution in [-0.2, 0) is 4.79 Å². The molecular weight excluding hydrogens is 225 g/mol. The molecule has 2 atom stereocenters. The summed E-state index contributed by atoms with van der Waals surface area (Å²) >= 11 is 0. The van der Waals surface area contributed by atoms with Crippen molar-refractivity contribution < 1.29 is 19.0 Å². The van der Waals surface area contributed by atoms with E-state index in [1.165, 1.54) is 6.07 Å². The van der Waals surface area contributed by atoms with E-state index in [4.69, 9.17) is 4.74 Å². The number of halogens is 1. The van der Waals surface area contributed by atoms with Gasteiger partial charge in [0.15, 0.2) is 17.7 Å². The zero-order valence-electron chi connectivity index (χ0n) is 9.44. The number of benzene rings is 1. The Morgan fingerprint density at radius 1 is 1.47 bits per heavy atom. The molecular formula is C12H14FNO3. The summed E-state index contributed by atoms with van der Waals surface area (Å²) in [5, 5.41) is 11.6. The Labute approximate surface area is 98.4 Å². The molecule has 1 aliphatic rings. The van der Waals surface area contributed by atoms with Crippen LogP contribution in [0.2, 0.25) is 0 Å². The van der Waals surface area contributed by atoms with Crippen LogP contribution < -0.4 is 10.1 Å². The van der Waals surface area contributed by atoms with Gasteiger partial charge in [0.05, 0.1) is 0 Å². The minimum atomic E-state index is -0.829. The van der Waals surface area contributed by atoms with Gasteiger partial charge in [-0.3, -0.25) is 4.79 Å². The van der Waals surface area contributed by atoms with E-state index in [9.17, 15) is 14.3 Å². The van der Waals surface area contributed by atoms with E-state index in [1.807, 2.05) is 0 Å². The summed E-state index contributed by atoms with van der Waals surface area (Å²) in [5.74, 6) is -0.794. The fraction of sp³-hybridized carbons (Fsp3) is 0.417. The maximum atomic E-state index is 13.7. The molecule has 0 spiro atoms. The summed E-state index contributed by atoms with van der Waals surface area (Å²) in [4.78, 5) is 11.5. The number of aliphatic hydroxyl groups is 1. The van der Waals surface area contributed by atoms with Crippen molar-refractivity contribution in [1.29, 1.82) is 0 Å². The smallest absolute Gasteiger partial charge is 0.263 e. The predicted molar refractivity (Wildman–Crippen MR) is 58.9 cm³/mol. The number of amides is 1. The van der Waals surface area contributed by atoms with Gasteiger partial charge in [-0.25, -0.2) is 4.39 Å². The second kappa shape index (κ2) is 4.71. The number of nitrogens with one attached hydrogen (secondary N) is 1. The third kappa shape index (κ3) is 2.55. The van der Waals surface area contributed by atoms with E-state index < -0.39 is 24.1 Å². The maximum Gasteiger partial charge on any atom is 0.263 e. The number of hydrogen-bond acceptors (Lipinski definition) is 3. The Bertz CT molecular complexity index is 436. The Balaban J connectivity index is 2.11. The third-order valence-corrected chi connectivity index (χ3v) is 2.73. The van der Waals surface area contributed by atoms with Crippen molar-refractivity contribution in [2.45, 2.75) is 32.1 Å². The molecule has 1 heterocycles. The maximum absolute atomic E-state index is 13.7.